The second-order valence-electron chi connectivity index (χ2n) is 3.47. The average molecular weight is 222 g/mol. The van der Waals surface area contributed by atoms with Crippen LogP contribution in [-0.2, 0) is 19.9 Å². The summed E-state index contributed by atoms with van der Waals surface area (Å²) in [6, 6.07) is 7.89. The van der Waals surface area contributed by atoms with Crippen LogP contribution in [0.25, 0.3) is 0 Å². The predicted octanol–water partition coefficient (Wildman–Crippen LogP) is 2.25. The molecule has 0 bridgehead atoms. The van der Waals surface area contributed by atoms with Gasteiger partial charge in [0.1, 0.15) is 0 Å². The summed E-state index contributed by atoms with van der Waals surface area (Å²) in [5, 5.41) is 8.74. The zero-order chi connectivity index (χ0) is 10.7. The maximum absolute atomic E-state index is 6.05. The number of hydrogen-bond acceptors (Lipinski definition) is 2. The van der Waals surface area contributed by atoms with Crippen LogP contribution in [0.1, 0.15) is 11.3 Å². The molecule has 0 radical (unpaired) electrons. The lowest BCUT2D eigenvalue weighted by Crippen LogP contribution is -1.92. The van der Waals surface area contributed by atoms with E-state index in [1.54, 1.807) is 4.68 Å². The highest BCUT2D eigenvalue weighted by Crippen LogP contribution is 2.16. The number of aromatic nitrogens is 3. The summed E-state index contributed by atoms with van der Waals surface area (Å²) in [6.45, 7) is 0. The van der Waals surface area contributed by atoms with Crippen molar-refractivity contribution in [1.82, 2.24) is 15.0 Å². The molecule has 0 atom stereocenters. The topological polar surface area (TPSA) is 30.7 Å². The summed E-state index contributed by atoms with van der Waals surface area (Å²) >= 11 is 6.05. The Labute approximate surface area is 93.7 Å². The molecule has 0 spiro atoms. The van der Waals surface area contributed by atoms with E-state index in [0.717, 1.165) is 29.1 Å². The minimum atomic E-state index is 0.821. The Morgan fingerprint density at radius 3 is 2.73 bits per heavy atom. The van der Waals surface area contributed by atoms with Gasteiger partial charge in [-0.05, 0) is 24.5 Å². The highest BCUT2D eigenvalue weighted by atomic mass is 35.5. The molecule has 15 heavy (non-hydrogen) atoms. The van der Waals surface area contributed by atoms with Gasteiger partial charge in [-0.1, -0.05) is 35.0 Å². The zero-order valence-electron chi connectivity index (χ0n) is 8.52. The molecule has 0 amide bonds. The summed E-state index contributed by atoms with van der Waals surface area (Å²) in [4.78, 5) is 0. The minimum Gasteiger partial charge on any atom is -0.255 e. The fraction of sp³-hybridized carbons (Fsp3) is 0.273. The maximum Gasteiger partial charge on any atom is 0.0830 e. The lowest BCUT2D eigenvalue weighted by molar-refractivity contribution is 0.713. The molecule has 1 aromatic heterocycles. The quantitative estimate of drug-likeness (QED) is 0.796. The molecule has 0 saturated heterocycles. The van der Waals surface area contributed by atoms with Crippen LogP contribution in [0.5, 0.6) is 0 Å². The van der Waals surface area contributed by atoms with Crippen LogP contribution in [0.4, 0.5) is 0 Å². The maximum atomic E-state index is 6.05. The summed E-state index contributed by atoms with van der Waals surface area (Å²) in [6.07, 6.45) is 3.70. The van der Waals surface area contributed by atoms with Crippen LogP contribution in [0, 0.1) is 0 Å². The third kappa shape index (κ3) is 2.57. The Hall–Kier alpha value is -1.35. The van der Waals surface area contributed by atoms with Gasteiger partial charge in [0, 0.05) is 18.3 Å². The second-order valence-corrected chi connectivity index (χ2v) is 3.88. The number of hydrogen-bond donors (Lipinski definition) is 0. The first-order valence-corrected chi connectivity index (χ1v) is 5.22. The van der Waals surface area contributed by atoms with E-state index in [2.05, 4.69) is 10.3 Å². The molecule has 0 saturated carbocycles. The monoisotopic (exact) mass is 221 g/mol. The van der Waals surface area contributed by atoms with Gasteiger partial charge >= 0.3 is 0 Å². The van der Waals surface area contributed by atoms with E-state index in [1.807, 2.05) is 37.5 Å². The van der Waals surface area contributed by atoms with Crippen LogP contribution in [0.3, 0.4) is 0 Å². The fourth-order valence-electron chi connectivity index (χ4n) is 1.47. The van der Waals surface area contributed by atoms with E-state index in [-0.39, 0.29) is 0 Å². The molecule has 0 fully saturated rings. The highest BCUT2D eigenvalue weighted by Gasteiger charge is 2.02. The molecule has 0 aliphatic rings. The summed E-state index contributed by atoms with van der Waals surface area (Å²) in [7, 11) is 1.87. The highest BCUT2D eigenvalue weighted by molar-refractivity contribution is 6.31. The molecule has 1 heterocycles. The smallest absolute Gasteiger partial charge is 0.0830 e. The molecule has 1 aromatic carbocycles. The number of rotatable bonds is 3. The van der Waals surface area contributed by atoms with Crippen molar-refractivity contribution in [2.75, 3.05) is 0 Å². The van der Waals surface area contributed by atoms with Crippen LogP contribution in [-0.4, -0.2) is 15.0 Å². The lowest BCUT2D eigenvalue weighted by Gasteiger charge is -2.01. The zero-order valence-corrected chi connectivity index (χ0v) is 9.28. The van der Waals surface area contributed by atoms with Crippen molar-refractivity contribution < 1.29 is 0 Å². The third-order valence-corrected chi connectivity index (χ3v) is 2.63. The second kappa shape index (κ2) is 4.45. The first-order valence-electron chi connectivity index (χ1n) is 4.84. The van der Waals surface area contributed by atoms with Gasteiger partial charge in [0.15, 0.2) is 0 Å². The van der Waals surface area contributed by atoms with Crippen LogP contribution in [0.15, 0.2) is 30.5 Å². The van der Waals surface area contributed by atoms with Gasteiger partial charge in [-0.3, -0.25) is 4.68 Å². The molecule has 2 aromatic rings. The van der Waals surface area contributed by atoms with E-state index >= 15 is 0 Å². The number of nitrogens with zero attached hydrogens (tertiary/aromatic N) is 3. The molecule has 0 unspecified atom stereocenters. The Morgan fingerprint density at radius 2 is 2.07 bits per heavy atom. The van der Waals surface area contributed by atoms with Gasteiger partial charge in [0.2, 0.25) is 0 Å². The molecular formula is C11H12ClN3. The number of halogens is 1. The molecule has 78 valence electrons. The summed E-state index contributed by atoms with van der Waals surface area (Å²) < 4.78 is 1.71. The van der Waals surface area contributed by atoms with Gasteiger partial charge in [0.25, 0.3) is 0 Å². The fourth-order valence-corrected chi connectivity index (χ4v) is 1.70. The third-order valence-electron chi connectivity index (χ3n) is 2.26. The minimum absolute atomic E-state index is 0.821. The summed E-state index contributed by atoms with van der Waals surface area (Å²) in [5.41, 5.74) is 2.15. The molecule has 0 aliphatic carbocycles. The van der Waals surface area contributed by atoms with Crippen molar-refractivity contribution in [2.24, 2.45) is 7.05 Å². The van der Waals surface area contributed by atoms with E-state index < -0.39 is 0 Å². The SMILES string of the molecule is Cn1cc(CCc2ccccc2Cl)nn1. The van der Waals surface area contributed by atoms with Gasteiger partial charge in [-0.2, -0.15) is 0 Å². The predicted molar refractivity (Wildman–Crippen MR) is 59.9 cm³/mol. The molecule has 0 N–H and O–H groups in total. The van der Waals surface area contributed by atoms with Gasteiger partial charge in [0.05, 0.1) is 5.69 Å². The van der Waals surface area contributed by atoms with Crippen molar-refractivity contribution in [3.05, 3.63) is 46.7 Å². The van der Waals surface area contributed by atoms with Crippen LogP contribution >= 0.6 is 11.6 Å². The molecule has 3 nitrogen and oxygen atoms in total. The van der Waals surface area contributed by atoms with Gasteiger partial charge in [-0.25, -0.2) is 0 Å². The first kappa shape index (κ1) is 10.2. The van der Waals surface area contributed by atoms with Crippen molar-refractivity contribution in [1.29, 1.82) is 0 Å². The number of aryl methyl sites for hydroxylation is 3. The molecular weight excluding hydrogens is 210 g/mol. The average Bonchev–Trinajstić information content (AvgIpc) is 2.63. The Bertz CT molecular complexity index is 451. The lowest BCUT2D eigenvalue weighted by atomic mass is 10.1. The van der Waals surface area contributed by atoms with E-state index in [1.165, 1.54) is 0 Å². The van der Waals surface area contributed by atoms with Crippen molar-refractivity contribution in [2.45, 2.75) is 12.8 Å². The van der Waals surface area contributed by atoms with Gasteiger partial charge < -0.3 is 0 Å². The van der Waals surface area contributed by atoms with Crippen molar-refractivity contribution in [3.63, 3.8) is 0 Å². The standard InChI is InChI=1S/C11H12ClN3/c1-15-8-10(13-14-15)7-6-9-4-2-3-5-11(9)12/h2-5,8H,6-7H2,1H3. The molecule has 2 rings (SSSR count). The van der Waals surface area contributed by atoms with E-state index in [9.17, 15) is 0 Å². The van der Waals surface area contributed by atoms with E-state index in [4.69, 9.17) is 11.6 Å². The summed E-state index contributed by atoms with van der Waals surface area (Å²) in [5.74, 6) is 0. The Kier molecular flexibility index (Phi) is 3.02. The van der Waals surface area contributed by atoms with Crippen molar-refractivity contribution >= 4 is 11.6 Å². The molecule has 0 aliphatic heterocycles. The Balaban J connectivity index is 2.02. The molecule has 4 heteroatoms. The first-order chi connectivity index (χ1) is 7.25. The number of benzene rings is 1. The van der Waals surface area contributed by atoms with Gasteiger partial charge in [-0.15, -0.1) is 5.10 Å². The van der Waals surface area contributed by atoms with Crippen molar-refractivity contribution in [3.8, 4) is 0 Å². The van der Waals surface area contributed by atoms with Crippen LogP contribution < -0.4 is 0 Å². The normalized spacial score (nSPS) is 10.5. The van der Waals surface area contributed by atoms with E-state index in [0.29, 0.717) is 0 Å². The Morgan fingerprint density at radius 1 is 1.27 bits per heavy atom. The largest absolute Gasteiger partial charge is 0.255 e. The van der Waals surface area contributed by atoms with Crippen LogP contribution in [0.2, 0.25) is 5.02 Å².